The average molecular weight is 290 g/mol. The number of aliphatic hydroxyl groups is 1. The lowest BCUT2D eigenvalue weighted by Crippen LogP contribution is -2.38. The predicted molar refractivity (Wildman–Crippen MR) is 65.9 cm³/mol. The van der Waals surface area contributed by atoms with Crippen LogP contribution in [-0.2, 0) is 5.60 Å². The van der Waals surface area contributed by atoms with Gasteiger partial charge in [-0.1, -0.05) is 13.8 Å². The third-order valence-corrected chi connectivity index (χ3v) is 5.15. The maximum absolute atomic E-state index is 10.7. The molecule has 0 saturated heterocycles. The van der Waals surface area contributed by atoms with Crippen LogP contribution >= 0.6 is 27.3 Å². The number of rotatable bonds is 1. The van der Waals surface area contributed by atoms with Gasteiger partial charge in [-0.15, -0.1) is 11.3 Å². The summed E-state index contributed by atoms with van der Waals surface area (Å²) in [5.74, 6) is 1.03. The van der Waals surface area contributed by atoms with Crippen LogP contribution < -0.4 is 0 Å². The van der Waals surface area contributed by atoms with E-state index in [0.29, 0.717) is 5.92 Å². The quantitative estimate of drug-likeness (QED) is 0.858. The Morgan fingerprint density at radius 3 is 2.87 bits per heavy atom. The molecule has 1 aromatic heterocycles. The fraction of sp³-hybridized carbons (Fsp3) is 0.727. The number of aromatic nitrogens is 1. The van der Waals surface area contributed by atoms with Crippen LogP contribution in [-0.4, -0.2) is 10.1 Å². The molecule has 1 N–H and O–H groups in total. The van der Waals surface area contributed by atoms with Crippen LogP contribution in [0.1, 0.15) is 38.1 Å². The molecule has 0 aromatic carbocycles. The number of halogens is 1. The molecule has 84 valence electrons. The molecule has 15 heavy (non-hydrogen) atoms. The van der Waals surface area contributed by atoms with Crippen LogP contribution in [0.4, 0.5) is 0 Å². The van der Waals surface area contributed by atoms with E-state index in [2.05, 4.69) is 34.8 Å². The van der Waals surface area contributed by atoms with Gasteiger partial charge in [-0.2, -0.15) is 0 Å². The van der Waals surface area contributed by atoms with Gasteiger partial charge < -0.3 is 5.11 Å². The molecule has 0 amide bonds. The maximum Gasteiger partial charge on any atom is 0.126 e. The van der Waals surface area contributed by atoms with Crippen LogP contribution in [0.15, 0.2) is 9.98 Å². The lowest BCUT2D eigenvalue weighted by Gasteiger charge is -2.39. The highest BCUT2D eigenvalue weighted by Crippen LogP contribution is 2.44. The Morgan fingerprint density at radius 1 is 1.60 bits per heavy atom. The van der Waals surface area contributed by atoms with Gasteiger partial charge in [0.15, 0.2) is 0 Å². The van der Waals surface area contributed by atoms with Crippen LogP contribution in [0.5, 0.6) is 0 Å². The first-order chi connectivity index (χ1) is 7.02. The molecule has 2 rings (SSSR count). The summed E-state index contributed by atoms with van der Waals surface area (Å²) in [4.78, 5) is 4.37. The van der Waals surface area contributed by atoms with E-state index in [1.807, 2.05) is 5.38 Å². The molecular formula is C11H16BrNOS. The Morgan fingerprint density at radius 2 is 2.33 bits per heavy atom. The summed E-state index contributed by atoms with van der Waals surface area (Å²) >= 11 is 4.89. The summed E-state index contributed by atoms with van der Waals surface area (Å²) in [6.45, 7) is 4.39. The first kappa shape index (κ1) is 11.6. The highest BCUT2D eigenvalue weighted by Gasteiger charge is 2.41. The molecule has 1 aromatic rings. The Kier molecular flexibility index (Phi) is 3.20. The van der Waals surface area contributed by atoms with Gasteiger partial charge in [0.25, 0.3) is 0 Å². The number of hydrogen-bond acceptors (Lipinski definition) is 3. The highest BCUT2D eigenvalue weighted by molar-refractivity contribution is 9.10. The molecule has 0 spiro atoms. The van der Waals surface area contributed by atoms with Crippen molar-refractivity contribution in [3.63, 3.8) is 0 Å². The smallest absolute Gasteiger partial charge is 0.126 e. The molecule has 0 radical (unpaired) electrons. The first-order valence-electron chi connectivity index (χ1n) is 5.36. The molecular weight excluding hydrogens is 274 g/mol. The Labute approximate surface area is 103 Å². The lowest BCUT2D eigenvalue weighted by atomic mass is 9.72. The normalized spacial score (nSPS) is 36.8. The molecule has 1 heterocycles. The van der Waals surface area contributed by atoms with Crippen molar-refractivity contribution in [3.8, 4) is 0 Å². The van der Waals surface area contributed by atoms with Crippen LogP contribution in [0, 0.1) is 11.8 Å². The Hall–Kier alpha value is 0.0700. The van der Waals surface area contributed by atoms with Gasteiger partial charge in [0, 0.05) is 5.38 Å². The van der Waals surface area contributed by atoms with Crippen molar-refractivity contribution in [2.75, 3.05) is 0 Å². The summed E-state index contributed by atoms with van der Waals surface area (Å²) in [5.41, 5.74) is -0.691. The van der Waals surface area contributed by atoms with Crippen molar-refractivity contribution in [1.29, 1.82) is 0 Å². The zero-order valence-corrected chi connectivity index (χ0v) is 11.4. The van der Waals surface area contributed by atoms with Crippen LogP contribution in [0.3, 0.4) is 0 Å². The second-order valence-electron chi connectivity index (χ2n) is 4.68. The van der Waals surface area contributed by atoms with E-state index in [9.17, 15) is 5.11 Å². The highest BCUT2D eigenvalue weighted by atomic mass is 79.9. The Bertz CT molecular complexity index is 354. The fourth-order valence-electron chi connectivity index (χ4n) is 2.40. The van der Waals surface area contributed by atoms with Crippen molar-refractivity contribution in [2.45, 2.75) is 38.7 Å². The third-order valence-electron chi connectivity index (χ3n) is 3.44. The van der Waals surface area contributed by atoms with Crippen LogP contribution in [0.25, 0.3) is 0 Å². The van der Waals surface area contributed by atoms with Gasteiger partial charge >= 0.3 is 0 Å². The van der Waals surface area contributed by atoms with E-state index in [4.69, 9.17) is 0 Å². The standard InChI is InChI=1S/C11H16BrNOS/c1-7-3-4-11(14,8(2)5-7)10-13-9(12)6-15-10/h6-8,14H,3-5H2,1-2H3. The topological polar surface area (TPSA) is 33.1 Å². The van der Waals surface area contributed by atoms with Crippen molar-refractivity contribution >= 4 is 27.3 Å². The monoisotopic (exact) mass is 289 g/mol. The van der Waals surface area contributed by atoms with E-state index in [1.54, 1.807) is 11.3 Å². The summed E-state index contributed by atoms with van der Waals surface area (Å²) < 4.78 is 0.835. The van der Waals surface area contributed by atoms with Gasteiger partial charge in [0.2, 0.25) is 0 Å². The summed E-state index contributed by atoms with van der Waals surface area (Å²) in [6, 6.07) is 0. The van der Waals surface area contributed by atoms with Gasteiger partial charge in [-0.05, 0) is 47.0 Å². The van der Waals surface area contributed by atoms with E-state index in [0.717, 1.165) is 34.8 Å². The number of nitrogens with zero attached hydrogens (tertiary/aromatic N) is 1. The molecule has 1 saturated carbocycles. The number of hydrogen-bond donors (Lipinski definition) is 1. The molecule has 3 atom stereocenters. The zero-order chi connectivity index (χ0) is 11.1. The zero-order valence-electron chi connectivity index (χ0n) is 9.03. The molecule has 2 nitrogen and oxygen atoms in total. The predicted octanol–water partition coefficient (Wildman–Crippen LogP) is 3.55. The fourth-order valence-corrected chi connectivity index (χ4v) is 3.89. The van der Waals surface area contributed by atoms with E-state index < -0.39 is 5.60 Å². The van der Waals surface area contributed by atoms with Crippen molar-refractivity contribution in [1.82, 2.24) is 4.98 Å². The van der Waals surface area contributed by atoms with E-state index >= 15 is 0 Å². The first-order valence-corrected chi connectivity index (χ1v) is 7.03. The van der Waals surface area contributed by atoms with Gasteiger partial charge in [0.1, 0.15) is 15.2 Å². The summed E-state index contributed by atoms with van der Waals surface area (Å²) in [6.07, 6.45) is 3.03. The minimum atomic E-state index is -0.691. The SMILES string of the molecule is CC1CCC(O)(c2nc(Br)cs2)C(C)C1. The third kappa shape index (κ3) is 2.12. The van der Waals surface area contributed by atoms with Gasteiger partial charge in [0.05, 0.1) is 0 Å². The van der Waals surface area contributed by atoms with Crippen molar-refractivity contribution in [3.05, 3.63) is 15.0 Å². The molecule has 4 heteroatoms. The Balaban J connectivity index is 2.26. The second kappa shape index (κ2) is 4.15. The van der Waals surface area contributed by atoms with Crippen LogP contribution in [0.2, 0.25) is 0 Å². The van der Waals surface area contributed by atoms with Gasteiger partial charge in [-0.25, -0.2) is 4.98 Å². The summed E-state index contributed by atoms with van der Waals surface area (Å²) in [5, 5.41) is 13.5. The molecule has 1 aliphatic carbocycles. The molecule has 0 aliphatic heterocycles. The molecule has 1 fully saturated rings. The average Bonchev–Trinajstić information content (AvgIpc) is 2.60. The minimum absolute atomic E-state index is 0.305. The molecule has 1 aliphatic rings. The summed E-state index contributed by atoms with van der Waals surface area (Å²) in [7, 11) is 0. The largest absolute Gasteiger partial charge is 0.382 e. The van der Waals surface area contributed by atoms with Crippen molar-refractivity contribution in [2.24, 2.45) is 11.8 Å². The van der Waals surface area contributed by atoms with Gasteiger partial charge in [-0.3, -0.25) is 0 Å². The minimum Gasteiger partial charge on any atom is -0.382 e. The molecule has 3 unspecified atom stereocenters. The van der Waals surface area contributed by atoms with E-state index in [1.165, 1.54) is 0 Å². The lowest BCUT2D eigenvalue weighted by molar-refractivity contribution is -0.0589. The second-order valence-corrected chi connectivity index (χ2v) is 6.35. The van der Waals surface area contributed by atoms with E-state index in [-0.39, 0.29) is 0 Å². The molecule has 0 bridgehead atoms. The number of thiazole rings is 1. The maximum atomic E-state index is 10.7. The van der Waals surface area contributed by atoms with Crippen molar-refractivity contribution < 1.29 is 5.11 Å².